The van der Waals surface area contributed by atoms with Crippen LogP contribution in [0.25, 0.3) is 0 Å². The maximum atomic E-state index is 12.6. The third kappa shape index (κ3) is 4.75. The lowest BCUT2D eigenvalue weighted by Gasteiger charge is -2.35. The summed E-state index contributed by atoms with van der Waals surface area (Å²) in [5.74, 6) is 0.451. The summed E-state index contributed by atoms with van der Waals surface area (Å²) >= 11 is 11.8. The predicted molar refractivity (Wildman–Crippen MR) is 98.5 cm³/mol. The van der Waals surface area contributed by atoms with Gasteiger partial charge in [0.2, 0.25) is 0 Å². The minimum atomic E-state index is -4.41. The van der Waals surface area contributed by atoms with E-state index in [-0.39, 0.29) is 6.03 Å². The van der Waals surface area contributed by atoms with Crippen molar-refractivity contribution in [2.24, 2.45) is 0 Å². The van der Waals surface area contributed by atoms with Gasteiger partial charge in [-0.1, -0.05) is 23.2 Å². The van der Waals surface area contributed by atoms with Crippen molar-refractivity contribution in [3.05, 3.63) is 52.1 Å². The molecule has 27 heavy (non-hydrogen) atoms. The molecule has 0 unspecified atom stereocenters. The minimum Gasteiger partial charge on any atom is -0.353 e. The molecular formula is C17H15Cl2F3N4O. The van der Waals surface area contributed by atoms with Crippen LogP contribution in [0.1, 0.15) is 5.56 Å². The van der Waals surface area contributed by atoms with E-state index in [1.165, 1.54) is 6.07 Å². The van der Waals surface area contributed by atoms with E-state index in [1.54, 1.807) is 23.1 Å². The monoisotopic (exact) mass is 418 g/mol. The second-order valence-corrected chi connectivity index (χ2v) is 6.75. The Morgan fingerprint density at radius 1 is 1.04 bits per heavy atom. The van der Waals surface area contributed by atoms with Gasteiger partial charge in [0.15, 0.2) is 0 Å². The summed E-state index contributed by atoms with van der Waals surface area (Å²) < 4.78 is 37.8. The third-order valence-electron chi connectivity index (χ3n) is 4.14. The number of amides is 2. The molecule has 1 aromatic carbocycles. The van der Waals surface area contributed by atoms with Gasteiger partial charge >= 0.3 is 12.2 Å². The molecular weight excluding hydrogens is 404 g/mol. The van der Waals surface area contributed by atoms with E-state index in [9.17, 15) is 18.0 Å². The van der Waals surface area contributed by atoms with E-state index in [0.717, 1.165) is 12.3 Å². The van der Waals surface area contributed by atoms with Crippen LogP contribution in [0.3, 0.4) is 0 Å². The van der Waals surface area contributed by atoms with E-state index in [1.807, 2.05) is 4.90 Å². The molecule has 1 fully saturated rings. The molecule has 0 atom stereocenters. The number of nitrogens with zero attached hydrogens (tertiary/aromatic N) is 3. The van der Waals surface area contributed by atoms with Crippen LogP contribution in [0.4, 0.5) is 29.5 Å². The molecule has 2 heterocycles. The number of hydrogen-bond acceptors (Lipinski definition) is 3. The summed E-state index contributed by atoms with van der Waals surface area (Å²) in [4.78, 5) is 19.7. The Kier molecular flexibility index (Phi) is 5.67. The summed E-state index contributed by atoms with van der Waals surface area (Å²) in [6.45, 7) is 1.76. The largest absolute Gasteiger partial charge is 0.417 e. The highest BCUT2D eigenvalue weighted by molar-refractivity contribution is 6.42. The van der Waals surface area contributed by atoms with Gasteiger partial charge in [-0.2, -0.15) is 13.2 Å². The zero-order valence-corrected chi connectivity index (χ0v) is 15.4. The standard InChI is InChI=1S/C17H15Cl2F3N4O/c18-13-3-2-12(9-14(13)19)24-16(27)26-7-5-25(6-8-26)15-4-1-11(10-23-15)17(20,21)22/h1-4,9-10H,5-8H2,(H,24,27). The highest BCUT2D eigenvalue weighted by atomic mass is 35.5. The van der Waals surface area contributed by atoms with Crippen LogP contribution in [-0.4, -0.2) is 42.1 Å². The molecule has 1 aromatic heterocycles. The van der Waals surface area contributed by atoms with Gasteiger partial charge in [0.25, 0.3) is 0 Å². The van der Waals surface area contributed by atoms with Crippen molar-refractivity contribution in [1.82, 2.24) is 9.88 Å². The van der Waals surface area contributed by atoms with Gasteiger partial charge in [-0.3, -0.25) is 0 Å². The number of benzene rings is 1. The third-order valence-corrected chi connectivity index (χ3v) is 4.88. The Morgan fingerprint density at radius 3 is 2.30 bits per heavy atom. The number of halogens is 5. The van der Waals surface area contributed by atoms with Crippen molar-refractivity contribution >= 4 is 40.7 Å². The van der Waals surface area contributed by atoms with Crippen molar-refractivity contribution in [3.63, 3.8) is 0 Å². The number of urea groups is 1. The number of nitrogens with one attached hydrogen (secondary N) is 1. The van der Waals surface area contributed by atoms with Gasteiger partial charge in [-0.05, 0) is 30.3 Å². The molecule has 1 aliphatic heterocycles. The van der Waals surface area contributed by atoms with Gasteiger partial charge < -0.3 is 15.1 Å². The zero-order valence-electron chi connectivity index (χ0n) is 13.9. The summed E-state index contributed by atoms with van der Waals surface area (Å²) in [6.07, 6.45) is -3.59. The highest BCUT2D eigenvalue weighted by Crippen LogP contribution is 2.29. The molecule has 2 amide bonds. The second kappa shape index (κ2) is 7.82. The Bertz CT molecular complexity index is 822. The highest BCUT2D eigenvalue weighted by Gasteiger charge is 2.31. The maximum absolute atomic E-state index is 12.6. The normalized spacial score (nSPS) is 15.0. The Labute approximate surface area is 163 Å². The number of carbonyl (C=O) groups is 1. The lowest BCUT2D eigenvalue weighted by Crippen LogP contribution is -2.50. The van der Waals surface area contributed by atoms with Gasteiger partial charge in [0.1, 0.15) is 5.82 Å². The van der Waals surface area contributed by atoms with Gasteiger partial charge in [0, 0.05) is 38.1 Å². The quantitative estimate of drug-likeness (QED) is 0.764. The fourth-order valence-electron chi connectivity index (χ4n) is 2.66. The average Bonchev–Trinajstić information content (AvgIpc) is 2.64. The lowest BCUT2D eigenvalue weighted by atomic mass is 10.2. The first-order valence-electron chi connectivity index (χ1n) is 8.03. The van der Waals surface area contributed by atoms with Crippen LogP contribution in [0, 0.1) is 0 Å². The van der Waals surface area contributed by atoms with Crippen LogP contribution in [0.5, 0.6) is 0 Å². The van der Waals surface area contributed by atoms with E-state index in [4.69, 9.17) is 23.2 Å². The molecule has 0 spiro atoms. The van der Waals surface area contributed by atoms with Crippen LogP contribution in [0.2, 0.25) is 10.0 Å². The second-order valence-electron chi connectivity index (χ2n) is 5.94. The van der Waals surface area contributed by atoms with Crippen molar-refractivity contribution in [3.8, 4) is 0 Å². The van der Waals surface area contributed by atoms with Crippen LogP contribution >= 0.6 is 23.2 Å². The fraction of sp³-hybridized carbons (Fsp3) is 0.294. The van der Waals surface area contributed by atoms with Crippen LogP contribution < -0.4 is 10.2 Å². The maximum Gasteiger partial charge on any atom is 0.417 e. The molecule has 144 valence electrons. The average molecular weight is 419 g/mol. The number of piperazine rings is 1. The predicted octanol–water partition coefficient (Wildman–Crippen LogP) is 4.76. The summed E-state index contributed by atoms with van der Waals surface area (Å²) in [6, 6.07) is 6.86. The number of pyridine rings is 1. The zero-order chi connectivity index (χ0) is 19.6. The first-order chi connectivity index (χ1) is 12.7. The van der Waals surface area contributed by atoms with Gasteiger partial charge in [-0.15, -0.1) is 0 Å². The number of alkyl halides is 3. The van der Waals surface area contributed by atoms with Gasteiger partial charge in [0.05, 0.1) is 15.6 Å². The van der Waals surface area contributed by atoms with E-state index < -0.39 is 11.7 Å². The van der Waals surface area contributed by atoms with Crippen molar-refractivity contribution in [2.75, 3.05) is 36.4 Å². The summed E-state index contributed by atoms with van der Waals surface area (Å²) in [7, 11) is 0. The topological polar surface area (TPSA) is 48.5 Å². The Morgan fingerprint density at radius 2 is 1.74 bits per heavy atom. The fourth-order valence-corrected chi connectivity index (χ4v) is 2.95. The van der Waals surface area contributed by atoms with Crippen LogP contribution in [0.15, 0.2) is 36.5 Å². The molecule has 1 saturated heterocycles. The SMILES string of the molecule is O=C(Nc1ccc(Cl)c(Cl)c1)N1CCN(c2ccc(C(F)(F)F)cn2)CC1. The van der Waals surface area contributed by atoms with Crippen molar-refractivity contribution < 1.29 is 18.0 Å². The van der Waals surface area contributed by atoms with E-state index in [2.05, 4.69) is 10.3 Å². The number of carbonyl (C=O) groups excluding carboxylic acids is 1. The molecule has 10 heteroatoms. The molecule has 0 bridgehead atoms. The molecule has 2 aromatic rings. The number of aromatic nitrogens is 1. The van der Waals surface area contributed by atoms with Crippen molar-refractivity contribution in [2.45, 2.75) is 6.18 Å². The first kappa shape index (κ1) is 19.6. The molecule has 0 saturated carbocycles. The lowest BCUT2D eigenvalue weighted by molar-refractivity contribution is -0.137. The summed E-state index contributed by atoms with van der Waals surface area (Å²) in [5, 5.41) is 3.48. The van der Waals surface area contributed by atoms with E-state index >= 15 is 0 Å². The molecule has 0 radical (unpaired) electrons. The van der Waals surface area contributed by atoms with Crippen molar-refractivity contribution in [1.29, 1.82) is 0 Å². The first-order valence-corrected chi connectivity index (χ1v) is 8.79. The van der Waals surface area contributed by atoms with E-state index in [0.29, 0.717) is 47.7 Å². The number of hydrogen-bond donors (Lipinski definition) is 1. The number of anilines is 2. The summed E-state index contributed by atoms with van der Waals surface area (Å²) in [5.41, 5.74) is -0.257. The van der Waals surface area contributed by atoms with Gasteiger partial charge in [-0.25, -0.2) is 9.78 Å². The molecule has 5 nitrogen and oxygen atoms in total. The van der Waals surface area contributed by atoms with Crippen LogP contribution in [-0.2, 0) is 6.18 Å². The smallest absolute Gasteiger partial charge is 0.353 e. The molecule has 3 rings (SSSR count). The number of rotatable bonds is 2. The molecule has 1 aliphatic rings. The molecule has 1 N–H and O–H groups in total. The Balaban J connectivity index is 1.56. The minimum absolute atomic E-state index is 0.284. The molecule has 0 aliphatic carbocycles. The Hall–Kier alpha value is -2.19.